The lowest BCUT2D eigenvalue weighted by Crippen LogP contribution is -1.89. The van der Waals surface area contributed by atoms with Crippen LogP contribution in [-0.2, 0) is 4.79 Å². The van der Waals surface area contributed by atoms with Crippen LogP contribution in [0.3, 0.4) is 0 Å². The lowest BCUT2D eigenvalue weighted by atomic mass is 10.0. The van der Waals surface area contributed by atoms with Gasteiger partial charge in [-0.15, -0.1) is 0 Å². The molecule has 2 heteroatoms. The van der Waals surface area contributed by atoms with Crippen molar-refractivity contribution in [2.45, 2.75) is 96.8 Å². The van der Waals surface area contributed by atoms with Crippen LogP contribution in [0.5, 0.6) is 0 Å². The van der Waals surface area contributed by atoms with Crippen molar-refractivity contribution < 1.29 is 4.79 Å². The Morgan fingerprint density at radius 1 is 0.650 bits per heavy atom. The summed E-state index contributed by atoms with van der Waals surface area (Å²) in [5, 5.41) is 0. The summed E-state index contributed by atoms with van der Waals surface area (Å²) < 4.78 is 0. The maximum atomic E-state index is 10.8. The fourth-order valence-corrected chi connectivity index (χ4v) is 3.06. The van der Waals surface area contributed by atoms with Gasteiger partial charge in [0.2, 0.25) is 0 Å². The highest BCUT2D eigenvalue weighted by molar-refractivity contribution is 7.98. The number of Topliss-reactive ketones (excluding diaryl/α,β-unsaturated/α-hetero) is 1. The van der Waals surface area contributed by atoms with Gasteiger partial charge in [-0.2, -0.15) is 11.8 Å². The molecule has 0 spiro atoms. The molecule has 0 aromatic carbocycles. The molecule has 0 radical (unpaired) electrons. The van der Waals surface area contributed by atoms with Gasteiger partial charge in [0.15, 0.2) is 0 Å². The van der Waals surface area contributed by atoms with Crippen molar-refractivity contribution in [3.8, 4) is 0 Å². The Morgan fingerprint density at radius 3 is 1.35 bits per heavy atom. The molecule has 0 N–H and O–H groups in total. The highest BCUT2D eigenvalue weighted by atomic mass is 32.2. The average Bonchev–Trinajstić information content (AvgIpc) is 2.43. The third-order valence-corrected chi connectivity index (χ3v) is 4.57. The predicted molar refractivity (Wildman–Crippen MR) is 93.7 cm³/mol. The van der Waals surface area contributed by atoms with Crippen molar-refractivity contribution in [1.82, 2.24) is 0 Å². The van der Waals surface area contributed by atoms with Crippen LogP contribution in [0.2, 0.25) is 0 Å². The standard InChI is InChI=1S/C18H36OS/c1-18(19)16-14-12-10-8-6-4-3-5-7-9-11-13-15-17-20-2/h3-17H2,1-2H3. The Hall–Kier alpha value is 0.0200. The Kier molecular flexibility index (Phi) is 17.1. The van der Waals surface area contributed by atoms with Crippen LogP contribution in [0.25, 0.3) is 0 Å². The molecule has 20 heavy (non-hydrogen) atoms. The lowest BCUT2D eigenvalue weighted by molar-refractivity contribution is -0.117. The summed E-state index contributed by atoms with van der Waals surface area (Å²) in [6.07, 6.45) is 20.9. The molecule has 0 saturated carbocycles. The largest absolute Gasteiger partial charge is 0.300 e. The van der Waals surface area contributed by atoms with Gasteiger partial charge in [0.25, 0.3) is 0 Å². The van der Waals surface area contributed by atoms with E-state index in [1.807, 2.05) is 11.8 Å². The van der Waals surface area contributed by atoms with E-state index in [-0.39, 0.29) is 0 Å². The van der Waals surface area contributed by atoms with E-state index in [4.69, 9.17) is 0 Å². The molecule has 120 valence electrons. The second-order valence-electron chi connectivity index (χ2n) is 6.04. The van der Waals surface area contributed by atoms with Gasteiger partial charge in [0.1, 0.15) is 5.78 Å². The molecule has 0 saturated heterocycles. The molecule has 0 aliphatic heterocycles. The molecule has 0 amide bonds. The maximum absolute atomic E-state index is 10.8. The first-order chi connectivity index (χ1) is 9.77. The summed E-state index contributed by atoms with van der Waals surface area (Å²) in [7, 11) is 0. The second-order valence-corrected chi connectivity index (χ2v) is 7.03. The first-order valence-electron chi connectivity index (χ1n) is 8.75. The van der Waals surface area contributed by atoms with E-state index in [9.17, 15) is 4.79 Å². The third-order valence-electron chi connectivity index (χ3n) is 3.88. The van der Waals surface area contributed by atoms with E-state index in [0.717, 1.165) is 12.8 Å². The van der Waals surface area contributed by atoms with Crippen LogP contribution in [0, 0.1) is 0 Å². The van der Waals surface area contributed by atoms with E-state index in [0.29, 0.717) is 5.78 Å². The minimum Gasteiger partial charge on any atom is -0.300 e. The zero-order chi connectivity index (χ0) is 14.9. The smallest absolute Gasteiger partial charge is 0.129 e. The van der Waals surface area contributed by atoms with E-state index in [1.54, 1.807) is 6.92 Å². The lowest BCUT2D eigenvalue weighted by Gasteiger charge is -2.03. The normalized spacial score (nSPS) is 10.9. The van der Waals surface area contributed by atoms with Gasteiger partial charge in [-0.1, -0.05) is 70.6 Å². The number of rotatable bonds is 16. The Bertz CT molecular complexity index is 204. The summed E-state index contributed by atoms with van der Waals surface area (Å²) in [5.74, 6) is 1.69. The summed E-state index contributed by atoms with van der Waals surface area (Å²) in [5.41, 5.74) is 0. The van der Waals surface area contributed by atoms with Crippen molar-refractivity contribution in [2.24, 2.45) is 0 Å². The second kappa shape index (κ2) is 17.1. The predicted octanol–water partition coefficient (Wildman–Crippen LogP) is 6.40. The third kappa shape index (κ3) is 18.0. The van der Waals surface area contributed by atoms with Crippen molar-refractivity contribution in [3.63, 3.8) is 0 Å². The van der Waals surface area contributed by atoms with Crippen molar-refractivity contribution >= 4 is 17.5 Å². The quantitative estimate of drug-likeness (QED) is 0.307. The van der Waals surface area contributed by atoms with Crippen molar-refractivity contribution in [1.29, 1.82) is 0 Å². The maximum Gasteiger partial charge on any atom is 0.129 e. The van der Waals surface area contributed by atoms with Gasteiger partial charge >= 0.3 is 0 Å². The minimum atomic E-state index is 0.346. The van der Waals surface area contributed by atoms with Crippen molar-refractivity contribution in [2.75, 3.05) is 12.0 Å². The van der Waals surface area contributed by atoms with Gasteiger partial charge < -0.3 is 4.79 Å². The van der Waals surface area contributed by atoms with Crippen LogP contribution in [0.1, 0.15) is 96.8 Å². The number of ketones is 1. The van der Waals surface area contributed by atoms with Crippen LogP contribution < -0.4 is 0 Å². The van der Waals surface area contributed by atoms with Gasteiger partial charge in [-0.25, -0.2) is 0 Å². The Labute approximate surface area is 131 Å². The minimum absolute atomic E-state index is 0.346. The molecule has 0 atom stereocenters. The van der Waals surface area contributed by atoms with Crippen LogP contribution in [0.15, 0.2) is 0 Å². The molecule has 0 unspecified atom stereocenters. The fourth-order valence-electron chi connectivity index (χ4n) is 2.56. The number of thioether (sulfide) groups is 1. The first kappa shape index (κ1) is 20.0. The van der Waals surface area contributed by atoms with Crippen LogP contribution >= 0.6 is 11.8 Å². The molecular weight excluding hydrogens is 264 g/mol. The highest BCUT2D eigenvalue weighted by Gasteiger charge is 1.95. The van der Waals surface area contributed by atoms with Gasteiger partial charge in [-0.3, -0.25) is 0 Å². The number of carbonyl (C=O) groups excluding carboxylic acids is 1. The van der Waals surface area contributed by atoms with Crippen LogP contribution in [-0.4, -0.2) is 17.8 Å². The Morgan fingerprint density at radius 2 is 1.00 bits per heavy atom. The van der Waals surface area contributed by atoms with Crippen molar-refractivity contribution in [3.05, 3.63) is 0 Å². The van der Waals surface area contributed by atoms with E-state index >= 15 is 0 Å². The zero-order valence-electron chi connectivity index (χ0n) is 13.9. The molecule has 0 aliphatic carbocycles. The number of carbonyl (C=O) groups is 1. The molecule has 0 aliphatic rings. The van der Waals surface area contributed by atoms with E-state index in [1.165, 1.54) is 82.8 Å². The molecular formula is C18H36OS. The first-order valence-corrected chi connectivity index (χ1v) is 10.1. The monoisotopic (exact) mass is 300 g/mol. The SMILES string of the molecule is CSCCCCCCCCCCCCCCCC(C)=O. The molecule has 0 heterocycles. The highest BCUT2D eigenvalue weighted by Crippen LogP contribution is 2.13. The molecule has 0 fully saturated rings. The summed E-state index contributed by atoms with van der Waals surface area (Å²) in [4.78, 5) is 10.8. The molecule has 0 rings (SSSR count). The van der Waals surface area contributed by atoms with E-state index in [2.05, 4.69) is 6.26 Å². The number of hydrogen-bond acceptors (Lipinski definition) is 2. The average molecular weight is 301 g/mol. The van der Waals surface area contributed by atoms with Gasteiger partial charge in [-0.05, 0) is 31.8 Å². The summed E-state index contributed by atoms with van der Waals surface area (Å²) >= 11 is 1.97. The van der Waals surface area contributed by atoms with Gasteiger partial charge in [0.05, 0.1) is 0 Å². The van der Waals surface area contributed by atoms with E-state index < -0.39 is 0 Å². The number of unbranched alkanes of at least 4 members (excludes halogenated alkanes) is 12. The summed E-state index contributed by atoms with van der Waals surface area (Å²) in [6.45, 7) is 1.70. The number of hydrogen-bond donors (Lipinski definition) is 0. The molecule has 0 aromatic rings. The van der Waals surface area contributed by atoms with Crippen LogP contribution in [0.4, 0.5) is 0 Å². The Balaban J connectivity index is 2.94. The molecule has 1 nitrogen and oxygen atoms in total. The molecule has 0 aromatic heterocycles. The molecule has 0 bridgehead atoms. The van der Waals surface area contributed by atoms with Gasteiger partial charge in [0, 0.05) is 6.42 Å². The topological polar surface area (TPSA) is 17.1 Å². The zero-order valence-corrected chi connectivity index (χ0v) is 14.7. The fraction of sp³-hybridized carbons (Fsp3) is 0.944. The summed E-state index contributed by atoms with van der Waals surface area (Å²) in [6, 6.07) is 0.